The SMILES string of the molecule is CC/C=C/C/C=C/C/C=C/CCCCCCCC(=O)O[C@H](COC(=O)CCCCCCCCCCCCCCC)COP(=O)(O)OCCN. The van der Waals surface area contributed by atoms with Crippen LogP contribution >= 0.6 is 7.82 Å². The zero-order valence-corrected chi connectivity index (χ0v) is 32.1. The standard InChI is InChI=1S/C39H72NO8P/c1-3-5-7-9-11-13-15-17-18-20-22-24-26-28-30-32-39(42)48-37(36-47-49(43,44)46-34-33-40)35-45-38(41)31-29-27-25-23-21-19-16-14-12-10-8-6-4-2/h5,7,11,13,17-18,37H,3-4,6,8-10,12,14-16,19-36,40H2,1-2H3,(H,43,44)/b7-5+,13-11+,18-17+/t37-/m1/s1. The molecule has 0 spiro atoms. The van der Waals surface area contributed by atoms with Gasteiger partial charge >= 0.3 is 19.8 Å². The predicted octanol–water partition coefficient (Wildman–Crippen LogP) is 10.6. The topological polar surface area (TPSA) is 134 Å². The Morgan fingerprint density at radius 3 is 1.67 bits per heavy atom. The van der Waals surface area contributed by atoms with E-state index < -0.39 is 26.5 Å². The van der Waals surface area contributed by atoms with Crippen LogP contribution in [0.2, 0.25) is 0 Å². The molecule has 0 aliphatic heterocycles. The number of allylic oxidation sites excluding steroid dienone is 6. The molecule has 0 aliphatic carbocycles. The first-order valence-corrected chi connectivity index (χ1v) is 21.0. The molecule has 10 heteroatoms. The van der Waals surface area contributed by atoms with Crippen molar-refractivity contribution in [1.29, 1.82) is 0 Å². The van der Waals surface area contributed by atoms with E-state index >= 15 is 0 Å². The second kappa shape index (κ2) is 36.0. The Balaban J connectivity index is 4.24. The second-order valence-electron chi connectivity index (χ2n) is 12.8. The van der Waals surface area contributed by atoms with Crippen LogP contribution < -0.4 is 5.73 Å². The monoisotopic (exact) mass is 713 g/mol. The molecule has 0 aromatic carbocycles. The summed E-state index contributed by atoms with van der Waals surface area (Å²) in [5.41, 5.74) is 5.33. The molecule has 1 unspecified atom stereocenters. The van der Waals surface area contributed by atoms with E-state index in [1.807, 2.05) is 0 Å². The zero-order valence-electron chi connectivity index (χ0n) is 31.2. The molecule has 0 saturated carbocycles. The Kier molecular flexibility index (Phi) is 34.7. The molecule has 0 radical (unpaired) electrons. The number of hydrogen-bond acceptors (Lipinski definition) is 8. The van der Waals surface area contributed by atoms with Gasteiger partial charge in [0.25, 0.3) is 0 Å². The molecule has 0 amide bonds. The third-order valence-corrected chi connectivity index (χ3v) is 9.02. The normalized spacial score (nSPS) is 13.8. The van der Waals surface area contributed by atoms with Crippen LogP contribution in [0.15, 0.2) is 36.5 Å². The molecule has 0 aliphatic rings. The van der Waals surface area contributed by atoms with E-state index in [2.05, 4.69) is 50.3 Å². The number of phosphoric acid groups is 1. The number of phosphoric ester groups is 1. The summed E-state index contributed by atoms with van der Waals surface area (Å²) in [5.74, 6) is -0.847. The van der Waals surface area contributed by atoms with Crippen LogP contribution in [0.1, 0.15) is 168 Å². The van der Waals surface area contributed by atoms with E-state index in [1.54, 1.807) is 0 Å². The maximum absolute atomic E-state index is 12.5. The van der Waals surface area contributed by atoms with Crippen molar-refractivity contribution in [2.24, 2.45) is 5.73 Å². The lowest BCUT2D eigenvalue weighted by atomic mass is 10.0. The molecule has 0 aromatic rings. The number of nitrogens with two attached hydrogens (primary N) is 1. The summed E-state index contributed by atoms with van der Waals surface area (Å²) >= 11 is 0. The van der Waals surface area contributed by atoms with Crippen LogP contribution in [0.5, 0.6) is 0 Å². The number of hydrogen-bond donors (Lipinski definition) is 2. The van der Waals surface area contributed by atoms with Crippen LogP contribution in [0.25, 0.3) is 0 Å². The lowest BCUT2D eigenvalue weighted by Gasteiger charge is -2.19. The Hall–Kier alpha value is -1.77. The van der Waals surface area contributed by atoms with E-state index in [0.717, 1.165) is 70.6 Å². The van der Waals surface area contributed by atoms with Gasteiger partial charge in [-0.3, -0.25) is 18.6 Å². The fourth-order valence-corrected chi connectivity index (χ4v) is 5.94. The van der Waals surface area contributed by atoms with Crippen LogP contribution in [-0.4, -0.2) is 49.3 Å². The number of esters is 2. The van der Waals surface area contributed by atoms with Gasteiger partial charge in [0.05, 0.1) is 13.2 Å². The van der Waals surface area contributed by atoms with Gasteiger partial charge in [0, 0.05) is 19.4 Å². The number of carbonyl (C=O) groups is 2. The predicted molar refractivity (Wildman–Crippen MR) is 201 cm³/mol. The van der Waals surface area contributed by atoms with Gasteiger partial charge in [-0.2, -0.15) is 0 Å². The van der Waals surface area contributed by atoms with Crippen LogP contribution in [0.4, 0.5) is 0 Å². The van der Waals surface area contributed by atoms with Crippen molar-refractivity contribution >= 4 is 19.8 Å². The Labute approximate surface area is 299 Å². The number of ether oxygens (including phenoxy) is 2. The van der Waals surface area contributed by atoms with Gasteiger partial charge in [0.15, 0.2) is 6.10 Å². The molecule has 9 nitrogen and oxygen atoms in total. The van der Waals surface area contributed by atoms with Crippen molar-refractivity contribution in [3.05, 3.63) is 36.5 Å². The highest BCUT2D eigenvalue weighted by Crippen LogP contribution is 2.43. The summed E-state index contributed by atoms with van der Waals surface area (Å²) < 4.78 is 32.6. The third kappa shape index (κ3) is 35.8. The minimum Gasteiger partial charge on any atom is -0.462 e. The number of carbonyl (C=O) groups excluding carboxylic acids is 2. The average molecular weight is 714 g/mol. The molecule has 0 rings (SSSR count). The molecule has 0 fully saturated rings. The van der Waals surface area contributed by atoms with Gasteiger partial charge < -0.3 is 20.1 Å². The summed E-state index contributed by atoms with van der Waals surface area (Å²) in [5, 5.41) is 0. The first-order chi connectivity index (χ1) is 23.8. The molecule has 0 bridgehead atoms. The minimum absolute atomic E-state index is 0.0505. The highest BCUT2D eigenvalue weighted by atomic mass is 31.2. The minimum atomic E-state index is -4.37. The number of unbranched alkanes of at least 4 members (excludes halogenated alkanes) is 17. The second-order valence-corrected chi connectivity index (χ2v) is 14.2. The highest BCUT2D eigenvalue weighted by Gasteiger charge is 2.25. The molecule has 2 atom stereocenters. The third-order valence-electron chi connectivity index (χ3n) is 8.04. The smallest absolute Gasteiger partial charge is 0.462 e. The van der Waals surface area contributed by atoms with Gasteiger partial charge in [-0.25, -0.2) is 4.57 Å². The van der Waals surface area contributed by atoms with E-state index in [-0.39, 0.29) is 38.6 Å². The van der Waals surface area contributed by atoms with Gasteiger partial charge in [-0.1, -0.05) is 147 Å². The van der Waals surface area contributed by atoms with E-state index in [4.69, 9.17) is 24.3 Å². The van der Waals surface area contributed by atoms with E-state index in [0.29, 0.717) is 6.42 Å². The lowest BCUT2D eigenvalue weighted by molar-refractivity contribution is -0.161. The maximum Gasteiger partial charge on any atom is 0.472 e. The molecule has 286 valence electrons. The first kappa shape index (κ1) is 47.2. The largest absolute Gasteiger partial charge is 0.472 e. The van der Waals surface area contributed by atoms with Crippen molar-refractivity contribution < 1.29 is 37.6 Å². The van der Waals surface area contributed by atoms with Crippen molar-refractivity contribution in [2.45, 2.75) is 174 Å². The van der Waals surface area contributed by atoms with Gasteiger partial charge in [-0.05, 0) is 44.9 Å². The molecular weight excluding hydrogens is 641 g/mol. The van der Waals surface area contributed by atoms with Crippen LogP contribution in [0, 0.1) is 0 Å². The Morgan fingerprint density at radius 2 is 1.12 bits per heavy atom. The maximum atomic E-state index is 12.5. The molecule has 0 heterocycles. The number of rotatable bonds is 36. The fourth-order valence-electron chi connectivity index (χ4n) is 5.18. The van der Waals surface area contributed by atoms with Gasteiger partial charge in [-0.15, -0.1) is 0 Å². The molecule has 0 aromatic heterocycles. The van der Waals surface area contributed by atoms with Gasteiger partial charge in [0.1, 0.15) is 6.61 Å². The summed E-state index contributed by atoms with van der Waals surface area (Å²) in [6.07, 6.45) is 37.4. The van der Waals surface area contributed by atoms with Crippen molar-refractivity contribution in [3.8, 4) is 0 Å². The molecule has 3 N–H and O–H groups in total. The van der Waals surface area contributed by atoms with Crippen molar-refractivity contribution in [1.82, 2.24) is 0 Å². The van der Waals surface area contributed by atoms with Gasteiger partial charge in [0.2, 0.25) is 0 Å². The van der Waals surface area contributed by atoms with E-state index in [1.165, 1.54) is 64.2 Å². The highest BCUT2D eigenvalue weighted by molar-refractivity contribution is 7.47. The summed E-state index contributed by atoms with van der Waals surface area (Å²) in [7, 11) is -4.37. The average Bonchev–Trinajstić information content (AvgIpc) is 3.08. The fraction of sp³-hybridized carbons (Fsp3) is 0.795. The Bertz CT molecular complexity index is 907. The summed E-state index contributed by atoms with van der Waals surface area (Å²) in [4.78, 5) is 34.7. The molecule has 49 heavy (non-hydrogen) atoms. The summed E-state index contributed by atoms with van der Waals surface area (Å²) in [6.45, 7) is 3.59. The Morgan fingerprint density at radius 1 is 0.633 bits per heavy atom. The van der Waals surface area contributed by atoms with Crippen molar-refractivity contribution in [2.75, 3.05) is 26.4 Å². The van der Waals surface area contributed by atoms with Crippen LogP contribution in [-0.2, 0) is 32.7 Å². The first-order valence-electron chi connectivity index (χ1n) is 19.5. The zero-order chi connectivity index (χ0) is 36.1. The van der Waals surface area contributed by atoms with Crippen LogP contribution in [0.3, 0.4) is 0 Å². The molecular formula is C39H72NO8P. The summed E-state index contributed by atoms with van der Waals surface area (Å²) in [6, 6.07) is 0. The quantitative estimate of drug-likeness (QED) is 0.0281. The lowest BCUT2D eigenvalue weighted by Crippen LogP contribution is -2.29. The van der Waals surface area contributed by atoms with E-state index in [9.17, 15) is 19.0 Å². The van der Waals surface area contributed by atoms with Crippen molar-refractivity contribution in [3.63, 3.8) is 0 Å². The molecule has 0 saturated heterocycles.